The molecule has 2 aromatic carbocycles. The number of nitrogen functional groups attached to an aromatic ring is 1. The predicted octanol–water partition coefficient (Wildman–Crippen LogP) is 3.76. The monoisotopic (exact) mass is 443 g/mol. The number of aromatic nitrogens is 2. The summed E-state index contributed by atoms with van der Waals surface area (Å²) in [6.45, 7) is 5.22. The van der Waals surface area contributed by atoms with Crippen molar-refractivity contribution < 1.29 is 8.42 Å². The van der Waals surface area contributed by atoms with Crippen LogP contribution in [-0.2, 0) is 23.0 Å². The Balaban J connectivity index is 1.44. The van der Waals surface area contributed by atoms with Crippen molar-refractivity contribution in [3.8, 4) is 0 Å². The zero-order chi connectivity index (χ0) is 21.3. The molecule has 0 aliphatic carbocycles. The number of thiazole rings is 1. The van der Waals surface area contributed by atoms with E-state index in [0.717, 1.165) is 46.3 Å². The van der Waals surface area contributed by atoms with Gasteiger partial charge in [-0.25, -0.2) is 13.4 Å². The molecular formula is C21H25N5O2S2. The smallest absolute Gasteiger partial charge is 0.232 e. The van der Waals surface area contributed by atoms with Crippen LogP contribution < -0.4 is 15.8 Å². The SMILES string of the molecule is CCS(=O)(=O)Nc1ccc2[nH]c(C)c(CCNCc3ccc4sc(N)nc4c3)c2c1. The highest BCUT2D eigenvalue weighted by Crippen LogP contribution is 2.27. The molecule has 0 aliphatic heterocycles. The molecule has 2 aromatic heterocycles. The molecular weight excluding hydrogens is 418 g/mol. The standard InChI is InChI=1S/C21H25N5O2S2/c1-3-30(27,28)26-15-5-6-18-17(11-15)16(13(2)24-18)8-9-23-12-14-4-7-20-19(10-14)25-21(22)29-20/h4-7,10-11,23-24,26H,3,8-9,12H2,1-2H3,(H2,22,25). The molecule has 0 amide bonds. The molecule has 30 heavy (non-hydrogen) atoms. The van der Waals surface area contributed by atoms with Crippen molar-refractivity contribution in [2.75, 3.05) is 22.8 Å². The second-order valence-corrected chi connectivity index (χ2v) is 10.3. The van der Waals surface area contributed by atoms with Crippen LogP contribution in [-0.4, -0.2) is 30.7 Å². The van der Waals surface area contributed by atoms with Crippen molar-refractivity contribution in [3.05, 3.63) is 53.2 Å². The molecule has 0 radical (unpaired) electrons. The first kappa shape index (κ1) is 20.6. The molecule has 0 unspecified atom stereocenters. The topological polar surface area (TPSA) is 113 Å². The highest BCUT2D eigenvalue weighted by Gasteiger charge is 2.12. The van der Waals surface area contributed by atoms with Crippen molar-refractivity contribution in [2.45, 2.75) is 26.8 Å². The molecule has 0 atom stereocenters. The summed E-state index contributed by atoms with van der Waals surface area (Å²) in [4.78, 5) is 7.73. The minimum absolute atomic E-state index is 0.0489. The number of benzene rings is 2. The fourth-order valence-corrected chi connectivity index (χ4v) is 4.91. The van der Waals surface area contributed by atoms with Crippen LogP contribution in [0.1, 0.15) is 23.7 Å². The highest BCUT2D eigenvalue weighted by molar-refractivity contribution is 7.92. The summed E-state index contributed by atoms with van der Waals surface area (Å²) < 4.78 is 27.5. The highest BCUT2D eigenvalue weighted by atomic mass is 32.2. The predicted molar refractivity (Wildman–Crippen MR) is 126 cm³/mol. The molecule has 7 nitrogen and oxygen atoms in total. The number of anilines is 2. The lowest BCUT2D eigenvalue weighted by Crippen LogP contribution is -2.17. The summed E-state index contributed by atoms with van der Waals surface area (Å²) >= 11 is 1.50. The maximum Gasteiger partial charge on any atom is 0.232 e. The van der Waals surface area contributed by atoms with Crippen LogP contribution in [0.15, 0.2) is 36.4 Å². The van der Waals surface area contributed by atoms with Gasteiger partial charge in [-0.15, -0.1) is 0 Å². The Hall–Kier alpha value is -2.62. The van der Waals surface area contributed by atoms with E-state index in [4.69, 9.17) is 5.73 Å². The summed E-state index contributed by atoms with van der Waals surface area (Å²) in [5, 5.41) is 5.12. The Morgan fingerprint density at radius 3 is 2.83 bits per heavy atom. The third-order valence-electron chi connectivity index (χ3n) is 5.12. The number of nitrogens with zero attached hydrogens (tertiary/aromatic N) is 1. The van der Waals surface area contributed by atoms with Crippen molar-refractivity contribution in [1.29, 1.82) is 0 Å². The van der Waals surface area contributed by atoms with Crippen molar-refractivity contribution in [2.24, 2.45) is 0 Å². The van der Waals surface area contributed by atoms with Gasteiger partial charge in [-0.2, -0.15) is 0 Å². The Kier molecular flexibility index (Phi) is 5.68. The Bertz CT molecular complexity index is 1310. The second-order valence-electron chi connectivity index (χ2n) is 7.28. The molecule has 4 aromatic rings. The molecule has 0 bridgehead atoms. The largest absolute Gasteiger partial charge is 0.375 e. The van der Waals surface area contributed by atoms with Crippen LogP contribution in [0.4, 0.5) is 10.8 Å². The van der Waals surface area contributed by atoms with Crippen LogP contribution in [0.25, 0.3) is 21.1 Å². The first-order valence-electron chi connectivity index (χ1n) is 9.82. The van der Waals surface area contributed by atoms with Gasteiger partial charge in [0.2, 0.25) is 10.0 Å². The lowest BCUT2D eigenvalue weighted by Gasteiger charge is -2.08. The molecule has 9 heteroatoms. The van der Waals surface area contributed by atoms with Gasteiger partial charge in [-0.1, -0.05) is 17.4 Å². The quantitative estimate of drug-likeness (QED) is 0.310. The normalized spacial score (nSPS) is 12.1. The molecule has 0 saturated heterocycles. The van der Waals surface area contributed by atoms with Crippen molar-refractivity contribution in [1.82, 2.24) is 15.3 Å². The van der Waals surface area contributed by atoms with E-state index in [9.17, 15) is 8.42 Å². The van der Waals surface area contributed by atoms with Gasteiger partial charge in [0.1, 0.15) is 0 Å². The zero-order valence-electron chi connectivity index (χ0n) is 17.0. The van der Waals surface area contributed by atoms with Gasteiger partial charge in [0, 0.05) is 28.8 Å². The summed E-state index contributed by atoms with van der Waals surface area (Å²) in [5.74, 6) is 0.0489. The number of aromatic amines is 1. The second kappa shape index (κ2) is 8.25. The van der Waals surface area contributed by atoms with E-state index in [-0.39, 0.29) is 5.75 Å². The minimum atomic E-state index is -3.30. The number of aryl methyl sites for hydroxylation is 1. The maximum atomic E-state index is 11.9. The number of nitrogens with two attached hydrogens (primary N) is 1. The van der Waals surface area contributed by atoms with Crippen molar-refractivity contribution in [3.63, 3.8) is 0 Å². The maximum absolute atomic E-state index is 11.9. The van der Waals surface area contributed by atoms with E-state index in [1.165, 1.54) is 22.5 Å². The van der Waals surface area contributed by atoms with Gasteiger partial charge in [0.25, 0.3) is 0 Å². The summed E-state index contributed by atoms with van der Waals surface area (Å²) in [7, 11) is -3.30. The van der Waals surface area contributed by atoms with Crippen LogP contribution in [0.3, 0.4) is 0 Å². The van der Waals surface area contributed by atoms with Gasteiger partial charge in [-0.05, 0) is 68.3 Å². The van der Waals surface area contributed by atoms with Crippen LogP contribution in [0.2, 0.25) is 0 Å². The molecule has 2 heterocycles. The van der Waals surface area contributed by atoms with Gasteiger partial charge in [0.05, 0.1) is 16.0 Å². The third-order valence-corrected chi connectivity index (χ3v) is 7.29. The first-order valence-corrected chi connectivity index (χ1v) is 12.3. The average molecular weight is 444 g/mol. The fraction of sp³-hybridized carbons (Fsp3) is 0.286. The molecule has 4 rings (SSSR count). The van der Waals surface area contributed by atoms with Crippen LogP contribution in [0, 0.1) is 6.92 Å². The number of rotatable bonds is 8. The van der Waals surface area contributed by atoms with Gasteiger partial charge in [-0.3, -0.25) is 4.72 Å². The minimum Gasteiger partial charge on any atom is -0.375 e. The Labute approximate surface area is 179 Å². The van der Waals surface area contributed by atoms with Gasteiger partial charge in [0.15, 0.2) is 5.13 Å². The lowest BCUT2D eigenvalue weighted by atomic mass is 10.1. The molecule has 5 N–H and O–H groups in total. The van der Waals surface area contributed by atoms with E-state index in [1.807, 2.05) is 19.1 Å². The molecule has 158 valence electrons. The van der Waals surface area contributed by atoms with E-state index in [0.29, 0.717) is 10.8 Å². The summed E-state index contributed by atoms with van der Waals surface area (Å²) in [6, 6.07) is 11.8. The molecule has 0 spiro atoms. The fourth-order valence-electron chi connectivity index (χ4n) is 3.57. The average Bonchev–Trinajstić information content (AvgIpc) is 3.22. The van der Waals surface area contributed by atoms with Crippen molar-refractivity contribution >= 4 is 53.3 Å². The van der Waals surface area contributed by atoms with E-state index in [1.54, 1.807) is 13.0 Å². The number of fused-ring (bicyclic) bond motifs is 2. The lowest BCUT2D eigenvalue weighted by molar-refractivity contribution is 0.602. The zero-order valence-corrected chi connectivity index (χ0v) is 18.6. The third kappa shape index (κ3) is 4.43. The van der Waals surface area contributed by atoms with E-state index in [2.05, 4.69) is 38.2 Å². The Morgan fingerprint density at radius 1 is 1.20 bits per heavy atom. The Morgan fingerprint density at radius 2 is 2.03 bits per heavy atom. The van der Waals surface area contributed by atoms with E-state index >= 15 is 0 Å². The number of sulfonamides is 1. The number of hydrogen-bond acceptors (Lipinski definition) is 6. The van der Waals surface area contributed by atoms with E-state index < -0.39 is 10.0 Å². The number of H-pyrrole nitrogens is 1. The molecule has 0 aliphatic rings. The molecule has 0 fully saturated rings. The van der Waals surface area contributed by atoms with Gasteiger partial charge < -0.3 is 16.0 Å². The van der Waals surface area contributed by atoms with Crippen LogP contribution >= 0.6 is 11.3 Å². The molecule has 0 saturated carbocycles. The first-order chi connectivity index (χ1) is 14.3. The number of nitrogens with one attached hydrogen (secondary N) is 3. The van der Waals surface area contributed by atoms with Crippen LogP contribution in [0.5, 0.6) is 0 Å². The summed E-state index contributed by atoms with van der Waals surface area (Å²) in [6.07, 6.45) is 0.835. The number of hydrogen-bond donors (Lipinski definition) is 4. The summed E-state index contributed by atoms with van der Waals surface area (Å²) in [5.41, 5.74) is 11.8. The van der Waals surface area contributed by atoms with Gasteiger partial charge >= 0.3 is 0 Å².